The average Bonchev–Trinajstić information content (AvgIpc) is 3.18. The number of aryl methyl sites for hydroxylation is 1. The van der Waals surface area contributed by atoms with Crippen molar-refractivity contribution in [1.29, 1.82) is 0 Å². The summed E-state index contributed by atoms with van der Waals surface area (Å²) in [4.78, 5) is 16.6. The number of amides is 1. The van der Waals surface area contributed by atoms with Crippen molar-refractivity contribution < 1.29 is 9.32 Å². The second-order valence-corrected chi connectivity index (χ2v) is 4.77. The highest BCUT2D eigenvalue weighted by Crippen LogP contribution is 2.23. The molecule has 2 N–H and O–H groups in total. The Bertz CT molecular complexity index is 792. The van der Waals surface area contributed by atoms with E-state index in [-0.39, 0.29) is 5.91 Å². The Hall–Kier alpha value is -2.96. The third-order valence-electron chi connectivity index (χ3n) is 3.42. The fourth-order valence-electron chi connectivity index (χ4n) is 2.21. The lowest BCUT2D eigenvalue weighted by Gasteiger charge is -2.06. The molecule has 0 fully saturated rings. The molecule has 0 radical (unpaired) electrons. The van der Waals surface area contributed by atoms with Crippen LogP contribution < -0.4 is 5.32 Å². The summed E-state index contributed by atoms with van der Waals surface area (Å²) in [6, 6.07) is 7.16. The van der Waals surface area contributed by atoms with Gasteiger partial charge in [0, 0.05) is 11.1 Å². The second-order valence-electron chi connectivity index (χ2n) is 4.77. The van der Waals surface area contributed by atoms with Gasteiger partial charge in [-0.1, -0.05) is 30.3 Å². The van der Waals surface area contributed by atoms with E-state index in [1.165, 1.54) is 6.33 Å². The van der Waals surface area contributed by atoms with E-state index in [1.807, 2.05) is 19.9 Å². The number of carbonyl (C=O) groups is 1. The first-order valence-electron chi connectivity index (χ1n) is 6.92. The number of carbonyl (C=O) groups excluding carboxylic acids is 1. The molecule has 7 heteroatoms. The number of H-pyrrole nitrogens is 1. The van der Waals surface area contributed by atoms with Gasteiger partial charge in [-0.15, -0.1) is 0 Å². The number of benzene rings is 1. The Kier molecular flexibility index (Phi) is 3.69. The van der Waals surface area contributed by atoms with Crippen molar-refractivity contribution in [2.24, 2.45) is 0 Å². The molecule has 1 aromatic carbocycles. The van der Waals surface area contributed by atoms with E-state index in [4.69, 9.17) is 4.52 Å². The molecule has 0 aliphatic rings. The molecule has 22 heavy (non-hydrogen) atoms. The largest absolute Gasteiger partial charge is 0.338 e. The molecule has 3 aromatic rings. The fraction of sp³-hybridized carbons (Fsp3) is 0.200. The number of aromatic amines is 1. The lowest BCUT2D eigenvalue weighted by molar-refractivity contribution is 0.102. The van der Waals surface area contributed by atoms with Crippen LogP contribution in [0, 0.1) is 6.92 Å². The molecule has 3 rings (SSSR count). The van der Waals surface area contributed by atoms with E-state index < -0.39 is 0 Å². The fourth-order valence-corrected chi connectivity index (χ4v) is 2.21. The van der Waals surface area contributed by atoms with Crippen molar-refractivity contribution in [3.05, 3.63) is 47.4 Å². The summed E-state index contributed by atoms with van der Waals surface area (Å²) in [7, 11) is 0. The summed E-state index contributed by atoms with van der Waals surface area (Å²) < 4.78 is 5.19. The van der Waals surface area contributed by atoms with E-state index in [0.29, 0.717) is 22.8 Å². The van der Waals surface area contributed by atoms with Gasteiger partial charge in [0.2, 0.25) is 5.88 Å². The minimum absolute atomic E-state index is 0.283. The number of hydrogen-bond acceptors (Lipinski definition) is 5. The predicted molar refractivity (Wildman–Crippen MR) is 80.4 cm³/mol. The molecule has 0 aliphatic heterocycles. The number of aromatic nitrogens is 4. The molecule has 2 aromatic heterocycles. The second kappa shape index (κ2) is 5.80. The lowest BCUT2D eigenvalue weighted by Crippen LogP contribution is -2.13. The van der Waals surface area contributed by atoms with Gasteiger partial charge in [-0.25, -0.2) is 4.98 Å². The van der Waals surface area contributed by atoms with Crippen LogP contribution >= 0.6 is 0 Å². The molecule has 0 bridgehead atoms. The molecule has 0 unspecified atom stereocenters. The minimum Gasteiger partial charge on any atom is -0.338 e. The summed E-state index contributed by atoms with van der Waals surface area (Å²) in [6.45, 7) is 3.85. The summed E-state index contributed by atoms with van der Waals surface area (Å²) in [5.41, 5.74) is 2.82. The van der Waals surface area contributed by atoms with Crippen molar-refractivity contribution in [3.8, 4) is 11.4 Å². The highest BCUT2D eigenvalue weighted by molar-refractivity contribution is 6.07. The molecule has 0 saturated carbocycles. The average molecular weight is 297 g/mol. The summed E-state index contributed by atoms with van der Waals surface area (Å²) in [5.74, 6) is 0.623. The van der Waals surface area contributed by atoms with Crippen molar-refractivity contribution >= 4 is 11.8 Å². The first-order valence-corrected chi connectivity index (χ1v) is 6.92. The van der Waals surface area contributed by atoms with Crippen LogP contribution in [0.2, 0.25) is 0 Å². The maximum atomic E-state index is 12.5. The van der Waals surface area contributed by atoms with Crippen molar-refractivity contribution in [3.63, 3.8) is 0 Å². The van der Waals surface area contributed by atoms with Crippen LogP contribution in [-0.2, 0) is 6.42 Å². The van der Waals surface area contributed by atoms with Crippen LogP contribution in [0.3, 0.4) is 0 Å². The van der Waals surface area contributed by atoms with Crippen LogP contribution in [0.25, 0.3) is 11.4 Å². The summed E-state index contributed by atoms with van der Waals surface area (Å²) in [5, 5.41) is 13.3. The number of rotatable bonds is 4. The van der Waals surface area contributed by atoms with Gasteiger partial charge in [0.25, 0.3) is 5.91 Å². The van der Waals surface area contributed by atoms with Gasteiger partial charge in [0.05, 0.1) is 11.3 Å². The highest BCUT2D eigenvalue weighted by Gasteiger charge is 2.18. The summed E-state index contributed by atoms with van der Waals surface area (Å²) >= 11 is 0. The highest BCUT2D eigenvalue weighted by atomic mass is 16.5. The molecular formula is C15H15N5O2. The molecule has 0 spiro atoms. The van der Waals surface area contributed by atoms with Crippen LogP contribution in [0.15, 0.2) is 35.1 Å². The maximum Gasteiger partial charge on any atom is 0.258 e. The molecule has 0 atom stereocenters. The van der Waals surface area contributed by atoms with Gasteiger partial charge < -0.3 is 4.52 Å². The molecule has 2 heterocycles. The maximum absolute atomic E-state index is 12.5. The number of anilines is 1. The van der Waals surface area contributed by atoms with E-state index >= 15 is 0 Å². The number of nitrogens with zero attached hydrogens (tertiary/aromatic N) is 3. The van der Waals surface area contributed by atoms with Crippen LogP contribution in [0.1, 0.15) is 28.5 Å². The number of nitrogens with one attached hydrogen (secondary N) is 2. The molecule has 0 saturated heterocycles. The smallest absolute Gasteiger partial charge is 0.258 e. The zero-order chi connectivity index (χ0) is 15.5. The Morgan fingerprint density at radius 2 is 2.18 bits per heavy atom. The Morgan fingerprint density at radius 3 is 2.86 bits per heavy atom. The van der Waals surface area contributed by atoms with Gasteiger partial charge in [0.1, 0.15) is 6.33 Å². The molecule has 1 amide bonds. The topological polar surface area (TPSA) is 96.7 Å². The van der Waals surface area contributed by atoms with Crippen LogP contribution in [0.5, 0.6) is 0 Å². The first-order chi connectivity index (χ1) is 10.7. The standard InChI is InChI=1S/C15H15N5O2/c1-3-12-9(2)15(22-20-12)18-14(21)11-7-5-4-6-10(11)13-16-8-17-19-13/h4-8H,3H2,1-2H3,(H,18,21)(H,16,17,19). The van der Waals surface area contributed by atoms with E-state index in [0.717, 1.165) is 17.7 Å². The quantitative estimate of drug-likeness (QED) is 0.771. The Labute approximate surface area is 126 Å². The SMILES string of the molecule is CCc1noc(NC(=O)c2ccccc2-c2ncn[nH]2)c1C. The van der Waals surface area contributed by atoms with E-state index in [2.05, 4.69) is 25.7 Å². The van der Waals surface area contributed by atoms with Crippen molar-refractivity contribution in [1.82, 2.24) is 20.3 Å². The normalized spacial score (nSPS) is 10.6. The van der Waals surface area contributed by atoms with E-state index in [9.17, 15) is 4.79 Å². The van der Waals surface area contributed by atoms with Gasteiger partial charge in [-0.2, -0.15) is 5.10 Å². The zero-order valence-electron chi connectivity index (χ0n) is 12.3. The third kappa shape index (κ3) is 2.48. The van der Waals surface area contributed by atoms with Gasteiger partial charge in [-0.05, 0) is 19.4 Å². The Balaban J connectivity index is 1.91. The van der Waals surface area contributed by atoms with Crippen molar-refractivity contribution in [2.75, 3.05) is 5.32 Å². The molecule has 112 valence electrons. The lowest BCUT2D eigenvalue weighted by atomic mass is 10.1. The molecule has 7 nitrogen and oxygen atoms in total. The number of hydrogen-bond donors (Lipinski definition) is 2. The minimum atomic E-state index is -0.283. The van der Waals surface area contributed by atoms with Gasteiger partial charge in [0.15, 0.2) is 5.82 Å². The first kappa shape index (κ1) is 14.0. The third-order valence-corrected chi connectivity index (χ3v) is 3.42. The molecule has 0 aliphatic carbocycles. The van der Waals surface area contributed by atoms with Gasteiger partial charge in [-0.3, -0.25) is 15.2 Å². The van der Waals surface area contributed by atoms with Crippen molar-refractivity contribution in [2.45, 2.75) is 20.3 Å². The zero-order valence-corrected chi connectivity index (χ0v) is 12.3. The van der Waals surface area contributed by atoms with Crippen LogP contribution in [0.4, 0.5) is 5.88 Å². The summed E-state index contributed by atoms with van der Waals surface area (Å²) in [6.07, 6.45) is 2.15. The molecular weight excluding hydrogens is 282 g/mol. The van der Waals surface area contributed by atoms with Gasteiger partial charge >= 0.3 is 0 Å². The van der Waals surface area contributed by atoms with E-state index in [1.54, 1.807) is 18.2 Å². The monoisotopic (exact) mass is 297 g/mol. The van der Waals surface area contributed by atoms with Crippen LogP contribution in [-0.4, -0.2) is 26.2 Å². The predicted octanol–water partition coefficient (Wildman–Crippen LogP) is 2.58. The Morgan fingerprint density at radius 1 is 1.36 bits per heavy atom.